The molecule has 0 saturated heterocycles. The number of nitrogens with zero attached hydrogens (tertiary/aromatic N) is 2. The van der Waals surface area contributed by atoms with Gasteiger partial charge in [0.15, 0.2) is 0 Å². The molecule has 0 fully saturated rings. The van der Waals surface area contributed by atoms with Gasteiger partial charge in [-0.3, -0.25) is 0 Å². The van der Waals surface area contributed by atoms with Crippen molar-refractivity contribution in [1.82, 2.24) is 19.9 Å². The van der Waals surface area contributed by atoms with Crippen molar-refractivity contribution in [1.29, 1.82) is 0 Å². The molecule has 0 aliphatic carbocycles. The molecule has 1 aromatic carbocycles. The van der Waals surface area contributed by atoms with E-state index in [2.05, 4.69) is 59.0 Å². The van der Waals surface area contributed by atoms with Gasteiger partial charge < -0.3 is 14.7 Å². The summed E-state index contributed by atoms with van der Waals surface area (Å²) in [5.41, 5.74) is 9.66. The zero-order valence-corrected chi connectivity index (χ0v) is 18.5. The minimum absolute atomic E-state index is 0.477. The van der Waals surface area contributed by atoms with Crippen molar-refractivity contribution >= 4 is 46.4 Å². The Hall–Kier alpha value is -4.64. The van der Waals surface area contributed by atoms with Gasteiger partial charge in [-0.05, 0) is 84.5 Å². The zero-order valence-electron chi connectivity index (χ0n) is 18.5. The summed E-state index contributed by atoms with van der Waals surface area (Å²) in [5.74, 6) is 0.805. The molecule has 164 valence electrons. The maximum absolute atomic E-state index is 5.67. The van der Waals surface area contributed by atoms with Gasteiger partial charge in [0.1, 0.15) is 12.4 Å². The molecule has 2 N–H and O–H groups in total. The molecular weight excluding hydrogens is 420 g/mol. The first kappa shape index (κ1) is 20.0. The van der Waals surface area contributed by atoms with E-state index in [1.54, 1.807) is 6.08 Å². The Morgan fingerprint density at radius 2 is 1.32 bits per heavy atom. The maximum atomic E-state index is 5.67. The fourth-order valence-electron chi connectivity index (χ4n) is 4.18. The summed E-state index contributed by atoms with van der Waals surface area (Å²) in [6.07, 6.45) is 9.89. The lowest BCUT2D eigenvalue weighted by atomic mass is 10.0. The van der Waals surface area contributed by atoms with Gasteiger partial charge in [0.2, 0.25) is 0 Å². The molecule has 5 heteroatoms. The summed E-state index contributed by atoms with van der Waals surface area (Å²) in [6.45, 7) is 4.19. The van der Waals surface area contributed by atoms with Crippen LogP contribution in [0, 0.1) is 0 Å². The molecule has 5 heterocycles. The highest BCUT2D eigenvalue weighted by atomic mass is 16.5. The van der Waals surface area contributed by atoms with Gasteiger partial charge in [-0.1, -0.05) is 24.8 Å². The van der Waals surface area contributed by atoms with E-state index < -0.39 is 0 Å². The van der Waals surface area contributed by atoms with Crippen LogP contribution in [0.3, 0.4) is 0 Å². The molecule has 2 aliphatic rings. The first-order valence-electron chi connectivity index (χ1n) is 11.1. The molecule has 34 heavy (non-hydrogen) atoms. The van der Waals surface area contributed by atoms with Crippen molar-refractivity contribution in [2.24, 2.45) is 0 Å². The van der Waals surface area contributed by atoms with Crippen LogP contribution in [0.1, 0.15) is 22.8 Å². The van der Waals surface area contributed by atoms with Crippen molar-refractivity contribution in [2.75, 3.05) is 6.61 Å². The summed E-state index contributed by atoms with van der Waals surface area (Å²) in [5, 5.41) is 0. The van der Waals surface area contributed by atoms with Crippen molar-refractivity contribution in [3.05, 3.63) is 102 Å². The molecular formula is C29H22N4O. The molecule has 0 amide bonds. The van der Waals surface area contributed by atoms with E-state index in [0.29, 0.717) is 6.61 Å². The maximum Gasteiger partial charge on any atom is 0.119 e. The zero-order chi connectivity index (χ0) is 22.9. The molecule has 8 bridgehead atoms. The Kier molecular flexibility index (Phi) is 4.92. The van der Waals surface area contributed by atoms with E-state index in [1.165, 1.54) is 0 Å². The van der Waals surface area contributed by atoms with Gasteiger partial charge in [-0.15, -0.1) is 0 Å². The molecule has 0 radical (unpaired) electrons. The summed E-state index contributed by atoms with van der Waals surface area (Å²) in [6, 6.07) is 22.5. The highest BCUT2D eigenvalue weighted by Crippen LogP contribution is 2.31. The Balaban J connectivity index is 1.61. The van der Waals surface area contributed by atoms with Crippen LogP contribution in [0.2, 0.25) is 0 Å². The number of rotatable bonds is 4. The largest absolute Gasteiger partial charge is 0.490 e. The van der Waals surface area contributed by atoms with Crippen LogP contribution >= 0.6 is 0 Å². The SMILES string of the molecule is C=CCOc1ccc(-c2c3nc(cc4ccc(cc5nc(cc6ccc2[nH]6)C=C5)[nH]4)C=C3)cc1. The predicted octanol–water partition coefficient (Wildman–Crippen LogP) is 6.89. The normalized spacial score (nSPS) is 12.1. The molecule has 6 rings (SSSR count). The Bertz CT molecular complexity index is 1620. The molecule has 5 nitrogen and oxygen atoms in total. The first-order valence-corrected chi connectivity index (χ1v) is 11.1. The summed E-state index contributed by atoms with van der Waals surface area (Å²) in [7, 11) is 0. The fraction of sp³-hybridized carbons (Fsp3) is 0.0345. The van der Waals surface area contributed by atoms with Gasteiger partial charge in [0.25, 0.3) is 0 Å². The third kappa shape index (κ3) is 3.95. The molecule has 4 aromatic rings. The third-order valence-electron chi connectivity index (χ3n) is 5.73. The molecule has 0 atom stereocenters. The van der Waals surface area contributed by atoms with Crippen LogP contribution in [0.4, 0.5) is 0 Å². The van der Waals surface area contributed by atoms with E-state index in [-0.39, 0.29) is 0 Å². The number of H-pyrrole nitrogens is 2. The van der Waals surface area contributed by atoms with Crippen molar-refractivity contribution in [2.45, 2.75) is 0 Å². The Morgan fingerprint density at radius 3 is 2.03 bits per heavy atom. The number of fused-ring (bicyclic) bond motifs is 8. The van der Waals surface area contributed by atoms with Gasteiger partial charge in [-0.2, -0.15) is 0 Å². The second kappa shape index (κ2) is 8.37. The van der Waals surface area contributed by atoms with Gasteiger partial charge in [0, 0.05) is 27.6 Å². The van der Waals surface area contributed by atoms with E-state index >= 15 is 0 Å². The minimum atomic E-state index is 0.477. The van der Waals surface area contributed by atoms with Crippen molar-refractivity contribution in [3.63, 3.8) is 0 Å². The lowest BCUT2D eigenvalue weighted by Crippen LogP contribution is -1.92. The van der Waals surface area contributed by atoms with E-state index in [9.17, 15) is 0 Å². The van der Waals surface area contributed by atoms with Gasteiger partial charge in [-0.25, -0.2) is 9.97 Å². The second-order valence-electron chi connectivity index (χ2n) is 8.18. The molecule has 0 saturated carbocycles. The standard InChI is InChI=1S/C29H22N4O/c1-2-15-34-26-11-3-19(4-12-26)29-27-13-9-24(32-27)17-22-7-5-20(30-22)16-21-6-8-23(31-21)18-25-10-14-28(29)33-25/h2-14,16-18,30,33H,1,15H2. The Labute approximate surface area is 196 Å². The number of hydrogen-bond acceptors (Lipinski definition) is 3. The summed E-state index contributed by atoms with van der Waals surface area (Å²) >= 11 is 0. The second-order valence-corrected chi connectivity index (χ2v) is 8.18. The molecule has 2 aliphatic heterocycles. The summed E-state index contributed by atoms with van der Waals surface area (Å²) < 4.78 is 5.67. The van der Waals surface area contributed by atoms with Crippen LogP contribution in [-0.2, 0) is 0 Å². The predicted molar refractivity (Wildman–Crippen MR) is 140 cm³/mol. The van der Waals surface area contributed by atoms with Crippen molar-refractivity contribution in [3.8, 4) is 16.9 Å². The number of ether oxygens (including phenoxy) is 1. The van der Waals surface area contributed by atoms with Gasteiger partial charge >= 0.3 is 0 Å². The molecule has 3 aromatic heterocycles. The lowest BCUT2D eigenvalue weighted by Gasteiger charge is -2.07. The van der Waals surface area contributed by atoms with Crippen LogP contribution < -0.4 is 4.74 Å². The number of hydrogen-bond donors (Lipinski definition) is 2. The van der Waals surface area contributed by atoms with E-state index in [4.69, 9.17) is 14.7 Å². The average molecular weight is 443 g/mol. The van der Waals surface area contributed by atoms with E-state index in [0.717, 1.165) is 61.7 Å². The monoisotopic (exact) mass is 442 g/mol. The topological polar surface area (TPSA) is 66.6 Å². The van der Waals surface area contributed by atoms with Crippen LogP contribution in [0.15, 0.2) is 79.4 Å². The van der Waals surface area contributed by atoms with Crippen LogP contribution in [0.5, 0.6) is 5.75 Å². The fourth-order valence-corrected chi connectivity index (χ4v) is 4.18. The molecule has 0 unspecified atom stereocenters. The third-order valence-corrected chi connectivity index (χ3v) is 5.73. The first-order chi connectivity index (χ1) is 16.7. The lowest BCUT2D eigenvalue weighted by molar-refractivity contribution is 0.363. The summed E-state index contributed by atoms with van der Waals surface area (Å²) in [4.78, 5) is 16.6. The molecule has 0 spiro atoms. The highest BCUT2D eigenvalue weighted by Gasteiger charge is 2.11. The van der Waals surface area contributed by atoms with Crippen molar-refractivity contribution < 1.29 is 4.74 Å². The van der Waals surface area contributed by atoms with Crippen LogP contribution in [-0.4, -0.2) is 26.5 Å². The number of aromatic nitrogens is 4. The van der Waals surface area contributed by atoms with Gasteiger partial charge in [0.05, 0.1) is 22.8 Å². The Morgan fingerprint density at radius 1 is 0.706 bits per heavy atom. The highest BCUT2D eigenvalue weighted by molar-refractivity contribution is 5.91. The van der Waals surface area contributed by atoms with Crippen LogP contribution in [0.25, 0.3) is 57.5 Å². The van der Waals surface area contributed by atoms with E-state index in [1.807, 2.05) is 48.6 Å². The number of benzene rings is 1. The number of aromatic amines is 2. The smallest absolute Gasteiger partial charge is 0.119 e. The quantitative estimate of drug-likeness (QED) is 0.292. The minimum Gasteiger partial charge on any atom is -0.490 e. The average Bonchev–Trinajstić information content (AvgIpc) is 3.64. The number of nitrogens with one attached hydrogen (secondary N) is 2.